The van der Waals surface area contributed by atoms with E-state index in [0.717, 1.165) is 12.8 Å². The maximum atomic E-state index is 4.20. The molecule has 1 nitrogen and oxygen atoms in total. The lowest BCUT2D eigenvalue weighted by Gasteiger charge is -1.92. The molecule has 0 fully saturated rings. The van der Waals surface area contributed by atoms with Gasteiger partial charge in [-0.05, 0) is 30.9 Å². The molecule has 1 heterocycles. The second-order valence-electron chi connectivity index (χ2n) is 2.21. The van der Waals surface area contributed by atoms with E-state index in [1.54, 1.807) is 0 Å². The summed E-state index contributed by atoms with van der Waals surface area (Å²) in [6, 6.07) is 4.09. The van der Waals surface area contributed by atoms with Crippen LogP contribution in [0.25, 0.3) is 0 Å². The van der Waals surface area contributed by atoms with E-state index in [1.807, 2.05) is 12.3 Å². The van der Waals surface area contributed by atoms with Crippen molar-refractivity contribution >= 4 is 0 Å². The van der Waals surface area contributed by atoms with Gasteiger partial charge in [0, 0.05) is 11.9 Å². The predicted octanol–water partition coefficient (Wildman–Crippen LogP) is 1.26. The number of hydrogen-bond acceptors (Lipinski definition) is 1. The van der Waals surface area contributed by atoms with Gasteiger partial charge in [-0.25, -0.2) is 0 Å². The van der Waals surface area contributed by atoms with Crippen LogP contribution in [-0.4, -0.2) is 4.98 Å². The maximum absolute atomic E-state index is 4.20. The first-order valence-electron chi connectivity index (χ1n) is 3.10. The second-order valence-corrected chi connectivity index (χ2v) is 2.21. The smallest absolute Gasteiger partial charge is 0.0441 e. The lowest BCUT2D eigenvalue weighted by molar-refractivity contribution is 1.11. The molecule has 44 valence electrons. The first-order valence-corrected chi connectivity index (χ1v) is 3.10. The number of hydrogen-bond donors (Lipinski definition) is 0. The summed E-state index contributed by atoms with van der Waals surface area (Å²) < 4.78 is 0. The molecule has 0 atom stereocenters. The molecule has 0 bridgehead atoms. The molecule has 1 aliphatic carbocycles. The van der Waals surface area contributed by atoms with Gasteiger partial charge in [-0.3, -0.25) is 4.98 Å². The van der Waals surface area contributed by atoms with Gasteiger partial charge in [-0.2, -0.15) is 0 Å². The van der Waals surface area contributed by atoms with E-state index >= 15 is 0 Å². The summed E-state index contributed by atoms with van der Waals surface area (Å²) in [6.07, 6.45) is 6.99. The van der Waals surface area contributed by atoms with Crippen molar-refractivity contribution in [1.82, 2.24) is 4.98 Å². The summed E-state index contributed by atoms with van der Waals surface area (Å²) in [7, 11) is 0. The minimum Gasteiger partial charge on any atom is -0.261 e. The van der Waals surface area contributed by atoms with Crippen LogP contribution >= 0.6 is 0 Å². The van der Waals surface area contributed by atoms with Crippen LogP contribution in [0.5, 0.6) is 0 Å². The van der Waals surface area contributed by atoms with Gasteiger partial charge in [0.1, 0.15) is 0 Å². The molecule has 1 heteroatoms. The lowest BCUT2D eigenvalue weighted by Crippen LogP contribution is -1.83. The Kier molecular flexibility index (Phi) is 1.01. The molecule has 0 amide bonds. The van der Waals surface area contributed by atoms with Gasteiger partial charge in [-0.1, -0.05) is 6.07 Å². The van der Waals surface area contributed by atoms with Gasteiger partial charge in [0.2, 0.25) is 0 Å². The fraction of sp³-hybridized carbons (Fsp3) is 0.250. The first-order chi connectivity index (χ1) is 4.47. The number of rotatable bonds is 0. The van der Waals surface area contributed by atoms with E-state index in [9.17, 15) is 0 Å². The number of aromatic nitrogens is 1. The molecule has 2 rings (SSSR count). The predicted molar refractivity (Wildman–Crippen MR) is 34.9 cm³/mol. The standard InChI is InChI=1S/C8H7N/c1-3-7-4-2-6-9-8(7)5-1/h2,4,6H,3,5H2. The van der Waals surface area contributed by atoms with Crippen molar-refractivity contribution in [3.8, 4) is 0 Å². The maximum Gasteiger partial charge on any atom is 0.0441 e. The second kappa shape index (κ2) is 1.83. The van der Waals surface area contributed by atoms with Crippen LogP contribution in [0.2, 0.25) is 0 Å². The third kappa shape index (κ3) is 0.727. The van der Waals surface area contributed by atoms with Crippen LogP contribution in [0.3, 0.4) is 0 Å². The minimum absolute atomic E-state index is 0.941. The molecule has 0 aliphatic heterocycles. The summed E-state index contributed by atoms with van der Waals surface area (Å²) in [5, 5.41) is 0. The van der Waals surface area contributed by atoms with Crippen molar-refractivity contribution in [3.05, 3.63) is 36.0 Å². The molecule has 2 radical (unpaired) electrons. The molecule has 0 N–H and O–H groups in total. The number of nitrogens with zero attached hydrogens (tertiary/aromatic N) is 1. The average molecular weight is 117 g/mol. The van der Waals surface area contributed by atoms with Crippen molar-refractivity contribution in [2.24, 2.45) is 0 Å². The summed E-state index contributed by atoms with van der Waals surface area (Å²) in [4.78, 5) is 4.20. The van der Waals surface area contributed by atoms with Crippen LogP contribution in [0, 0.1) is 6.42 Å². The van der Waals surface area contributed by atoms with Crippen LogP contribution in [0.15, 0.2) is 18.3 Å². The Hall–Kier alpha value is -0.850. The molecule has 0 unspecified atom stereocenters. The van der Waals surface area contributed by atoms with Crippen molar-refractivity contribution in [2.45, 2.75) is 12.8 Å². The van der Waals surface area contributed by atoms with Gasteiger partial charge in [-0.15, -0.1) is 0 Å². The normalized spacial score (nSPS) is 15.6. The summed E-state index contributed by atoms with van der Waals surface area (Å²) in [5.41, 5.74) is 2.55. The van der Waals surface area contributed by atoms with E-state index in [2.05, 4.69) is 17.5 Å². The van der Waals surface area contributed by atoms with Gasteiger partial charge in [0.05, 0.1) is 0 Å². The van der Waals surface area contributed by atoms with Crippen molar-refractivity contribution in [1.29, 1.82) is 0 Å². The molecule has 1 aliphatic rings. The third-order valence-corrected chi connectivity index (χ3v) is 1.59. The van der Waals surface area contributed by atoms with Gasteiger partial charge < -0.3 is 0 Å². The topological polar surface area (TPSA) is 12.9 Å². The molecule has 0 spiro atoms. The Morgan fingerprint density at radius 2 is 2.44 bits per heavy atom. The van der Waals surface area contributed by atoms with Crippen molar-refractivity contribution in [2.75, 3.05) is 0 Å². The molecular weight excluding hydrogens is 110 g/mol. The SMILES string of the molecule is [C]1Cc2cccnc2C1. The molecule has 1 aromatic heterocycles. The highest BCUT2D eigenvalue weighted by molar-refractivity contribution is 5.27. The summed E-state index contributed by atoms with van der Waals surface area (Å²) in [5.74, 6) is 0. The highest BCUT2D eigenvalue weighted by atomic mass is 14.7. The molecule has 0 aromatic carbocycles. The zero-order valence-corrected chi connectivity index (χ0v) is 5.09. The number of fused-ring (bicyclic) bond motifs is 1. The molecule has 0 saturated carbocycles. The largest absolute Gasteiger partial charge is 0.261 e. The Labute approximate surface area is 54.7 Å². The Morgan fingerprint density at radius 1 is 1.44 bits per heavy atom. The summed E-state index contributed by atoms with van der Waals surface area (Å²) >= 11 is 0. The van der Waals surface area contributed by atoms with E-state index in [-0.39, 0.29) is 0 Å². The van der Waals surface area contributed by atoms with Gasteiger partial charge in [0.15, 0.2) is 0 Å². The van der Waals surface area contributed by atoms with Crippen LogP contribution in [0.4, 0.5) is 0 Å². The lowest BCUT2D eigenvalue weighted by atomic mass is 10.2. The van der Waals surface area contributed by atoms with E-state index < -0.39 is 0 Å². The minimum atomic E-state index is 0.941. The summed E-state index contributed by atoms with van der Waals surface area (Å²) in [6.45, 7) is 0. The molecule has 9 heavy (non-hydrogen) atoms. The van der Waals surface area contributed by atoms with E-state index in [1.165, 1.54) is 11.3 Å². The Bertz CT molecular complexity index is 195. The van der Waals surface area contributed by atoms with Crippen molar-refractivity contribution < 1.29 is 0 Å². The molecule has 0 saturated heterocycles. The zero-order valence-electron chi connectivity index (χ0n) is 5.09. The van der Waals surface area contributed by atoms with Crippen LogP contribution in [-0.2, 0) is 12.8 Å². The van der Waals surface area contributed by atoms with E-state index in [4.69, 9.17) is 0 Å². The number of pyridine rings is 1. The third-order valence-electron chi connectivity index (χ3n) is 1.59. The monoisotopic (exact) mass is 117 g/mol. The Balaban J connectivity index is 2.54. The van der Waals surface area contributed by atoms with E-state index in [0.29, 0.717) is 0 Å². The zero-order chi connectivity index (χ0) is 6.10. The quantitative estimate of drug-likeness (QED) is 0.498. The average Bonchev–Trinajstić information content (AvgIpc) is 2.33. The highest BCUT2D eigenvalue weighted by Crippen LogP contribution is 2.16. The van der Waals surface area contributed by atoms with Gasteiger partial charge >= 0.3 is 0 Å². The highest BCUT2D eigenvalue weighted by Gasteiger charge is 2.09. The van der Waals surface area contributed by atoms with Crippen LogP contribution < -0.4 is 0 Å². The first kappa shape index (κ1) is 4.98. The van der Waals surface area contributed by atoms with Crippen LogP contribution in [0.1, 0.15) is 11.3 Å². The van der Waals surface area contributed by atoms with Gasteiger partial charge in [0.25, 0.3) is 0 Å². The fourth-order valence-corrected chi connectivity index (χ4v) is 1.11. The molecule has 1 aromatic rings. The molecular formula is C8H7N. The fourth-order valence-electron chi connectivity index (χ4n) is 1.11. The van der Waals surface area contributed by atoms with Crippen molar-refractivity contribution in [3.63, 3.8) is 0 Å². The Morgan fingerprint density at radius 3 is 3.33 bits per heavy atom.